The van der Waals surface area contributed by atoms with Crippen LogP contribution in [0.4, 0.5) is 4.39 Å². The van der Waals surface area contributed by atoms with Gasteiger partial charge in [0.25, 0.3) is 5.91 Å². The number of ether oxygens (including phenoxy) is 1. The van der Waals surface area contributed by atoms with Gasteiger partial charge in [-0.1, -0.05) is 11.6 Å². The lowest BCUT2D eigenvalue weighted by Gasteiger charge is -2.29. The molecule has 0 saturated carbocycles. The lowest BCUT2D eigenvalue weighted by molar-refractivity contribution is 0.0342. The first-order valence-electron chi connectivity index (χ1n) is 9.94. The minimum Gasteiger partial charge on any atom is -0.379 e. The van der Waals surface area contributed by atoms with E-state index in [1.165, 1.54) is 17.1 Å². The molecular formula is C21H22ClFN6O2. The minimum atomic E-state index is -0.478. The second kappa shape index (κ2) is 9.51. The van der Waals surface area contributed by atoms with Gasteiger partial charge < -0.3 is 10.1 Å². The Bertz CT molecular complexity index is 1060. The van der Waals surface area contributed by atoms with Gasteiger partial charge in [-0.2, -0.15) is 0 Å². The maximum atomic E-state index is 14.6. The van der Waals surface area contributed by atoms with Crippen molar-refractivity contribution in [1.29, 1.82) is 0 Å². The molecule has 4 rings (SSSR count). The van der Waals surface area contributed by atoms with E-state index in [4.69, 9.17) is 16.3 Å². The van der Waals surface area contributed by atoms with Crippen LogP contribution in [-0.4, -0.2) is 69.9 Å². The molecule has 0 aliphatic carbocycles. The van der Waals surface area contributed by atoms with Crippen LogP contribution in [-0.2, 0) is 4.74 Å². The van der Waals surface area contributed by atoms with Gasteiger partial charge in [-0.15, -0.1) is 5.10 Å². The molecule has 0 unspecified atom stereocenters. The zero-order valence-corrected chi connectivity index (χ0v) is 17.7. The second-order valence-corrected chi connectivity index (χ2v) is 7.87. The zero-order chi connectivity index (χ0) is 21.8. The topological polar surface area (TPSA) is 85.2 Å². The Morgan fingerprint density at radius 1 is 1.26 bits per heavy atom. The summed E-state index contributed by atoms with van der Waals surface area (Å²) < 4.78 is 21.4. The van der Waals surface area contributed by atoms with Gasteiger partial charge in [0.05, 0.1) is 18.9 Å². The molecule has 3 aromatic rings. The van der Waals surface area contributed by atoms with Crippen LogP contribution in [0.2, 0.25) is 5.02 Å². The van der Waals surface area contributed by atoms with Gasteiger partial charge in [-0.25, -0.2) is 9.07 Å². The standard InChI is InChI=1S/C21H22ClFN6O2/c1-14(12-28-4-6-31-7-5-28)25-21(30)16-8-15(19-3-2-17(22)11-20(19)23)9-18(10-16)29-13-24-26-27-29/h2-3,8-11,13-14H,4-7,12H2,1H3,(H,25,30)/t14-/m1/s1. The van der Waals surface area contributed by atoms with Gasteiger partial charge in [0.15, 0.2) is 0 Å². The highest BCUT2D eigenvalue weighted by atomic mass is 35.5. The first-order valence-corrected chi connectivity index (χ1v) is 10.3. The second-order valence-electron chi connectivity index (χ2n) is 7.43. The molecular weight excluding hydrogens is 423 g/mol. The van der Waals surface area contributed by atoms with E-state index in [1.54, 1.807) is 30.3 Å². The highest BCUT2D eigenvalue weighted by Crippen LogP contribution is 2.28. The molecule has 0 spiro atoms. The molecule has 0 bridgehead atoms. The van der Waals surface area contributed by atoms with E-state index in [9.17, 15) is 9.18 Å². The maximum absolute atomic E-state index is 14.6. The van der Waals surface area contributed by atoms with Crippen LogP contribution in [0.15, 0.2) is 42.7 Å². The first kappa shape index (κ1) is 21.4. The van der Waals surface area contributed by atoms with Crippen LogP contribution in [0.5, 0.6) is 0 Å². The summed E-state index contributed by atoms with van der Waals surface area (Å²) in [5.74, 6) is -0.736. The number of carbonyl (C=O) groups excluding carboxylic acids is 1. The van der Waals surface area contributed by atoms with E-state index in [2.05, 4.69) is 25.7 Å². The molecule has 1 aromatic heterocycles. The number of nitrogens with zero attached hydrogens (tertiary/aromatic N) is 5. The Kier molecular flexibility index (Phi) is 6.55. The summed E-state index contributed by atoms with van der Waals surface area (Å²) in [6.45, 7) is 5.76. The molecule has 1 aliphatic rings. The van der Waals surface area contributed by atoms with E-state index < -0.39 is 5.82 Å². The summed E-state index contributed by atoms with van der Waals surface area (Å²) >= 11 is 5.89. The third kappa shape index (κ3) is 5.25. The molecule has 31 heavy (non-hydrogen) atoms. The molecule has 1 N–H and O–H groups in total. The van der Waals surface area contributed by atoms with Crippen LogP contribution >= 0.6 is 11.6 Å². The molecule has 2 heterocycles. The number of nitrogens with one attached hydrogen (secondary N) is 1. The fourth-order valence-corrected chi connectivity index (χ4v) is 3.72. The number of amides is 1. The maximum Gasteiger partial charge on any atom is 0.251 e. The van der Waals surface area contributed by atoms with Crippen LogP contribution < -0.4 is 5.32 Å². The summed E-state index contributed by atoms with van der Waals surface area (Å²) in [4.78, 5) is 15.3. The van der Waals surface area contributed by atoms with Crippen molar-refractivity contribution in [2.24, 2.45) is 0 Å². The van der Waals surface area contributed by atoms with E-state index in [0.717, 1.165) is 19.6 Å². The number of halogens is 2. The smallest absolute Gasteiger partial charge is 0.251 e. The van der Waals surface area contributed by atoms with Crippen molar-refractivity contribution in [2.45, 2.75) is 13.0 Å². The van der Waals surface area contributed by atoms with E-state index in [1.807, 2.05) is 6.92 Å². The minimum absolute atomic E-state index is 0.0713. The normalized spacial score (nSPS) is 15.6. The van der Waals surface area contributed by atoms with Crippen LogP contribution in [0.3, 0.4) is 0 Å². The number of hydrogen-bond acceptors (Lipinski definition) is 6. The number of hydrogen-bond donors (Lipinski definition) is 1. The molecule has 0 radical (unpaired) electrons. The predicted octanol–water partition coefficient (Wildman–Crippen LogP) is 2.57. The third-order valence-electron chi connectivity index (χ3n) is 5.05. The fraction of sp³-hybridized carbons (Fsp3) is 0.333. The molecule has 162 valence electrons. The molecule has 1 aliphatic heterocycles. The average molecular weight is 445 g/mol. The van der Waals surface area contributed by atoms with Crippen molar-refractivity contribution >= 4 is 17.5 Å². The number of morpholine rings is 1. The third-order valence-corrected chi connectivity index (χ3v) is 5.28. The van der Waals surface area contributed by atoms with E-state index in [0.29, 0.717) is 40.6 Å². The van der Waals surface area contributed by atoms with Crippen molar-refractivity contribution in [3.63, 3.8) is 0 Å². The van der Waals surface area contributed by atoms with Crippen molar-refractivity contribution in [3.05, 3.63) is 59.1 Å². The molecule has 1 saturated heterocycles. The SMILES string of the molecule is C[C@H](CN1CCOCC1)NC(=O)c1cc(-c2ccc(Cl)cc2F)cc(-n2cnnn2)c1. The molecule has 1 atom stereocenters. The molecule has 1 fully saturated rings. The van der Waals surface area contributed by atoms with Crippen LogP contribution in [0, 0.1) is 5.82 Å². The van der Waals surface area contributed by atoms with Crippen LogP contribution in [0.25, 0.3) is 16.8 Å². The van der Waals surface area contributed by atoms with Gasteiger partial charge in [0.1, 0.15) is 12.1 Å². The van der Waals surface area contributed by atoms with E-state index >= 15 is 0 Å². The highest BCUT2D eigenvalue weighted by molar-refractivity contribution is 6.30. The van der Waals surface area contributed by atoms with Gasteiger partial charge >= 0.3 is 0 Å². The van der Waals surface area contributed by atoms with Gasteiger partial charge in [-0.05, 0) is 59.3 Å². The summed E-state index contributed by atoms with van der Waals surface area (Å²) in [5, 5.41) is 14.5. The van der Waals surface area contributed by atoms with Gasteiger partial charge in [0.2, 0.25) is 0 Å². The molecule has 1 amide bonds. The summed E-state index contributed by atoms with van der Waals surface area (Å²) in [6.07, 6.45) is 1.42. The Hall–Kier alpha value is -2.88. The number of aromatic nitrogens is 4. The quantitative estimate of drug-likeness (QED) is 0.629. The molecule has 10 heteroatoms. The zero-order valence-electron chi connectivity index (χ0n) is 17.0. The van der Waals surface area contributed by atoms with Crippen molar-refractivity contribution in [2.75, 3.05) is 32.8 Å². The Morgan fingerprint density at radius 2 is 2.06 bits per heavy atom. The highest BCUT2D eigenvalue weighted by Gasteiger charge is 2.18. The van der Waals surface area contributed by atoms with Crippen molar-refractivity contribution in [3.8, 4) is 16.8 Å². The fourth-order valence-electron chi connectivity index (χ4n) is 3.56. The summed E-state index contributed by atoms with van der Waals surface area (Å²) in [6, 6.07) is 9.40. The van der Waals surface area contributed by atoms with Crippen molar-refractivity contribution in [1.82, 2.24) is 30.4 Å². The largest absolute Gasteiger partial charge is 0.379 e. The lowest BCUT2D eigenvalue weighted by Crippen LogP contribution is -2.46. The Balaban J connectivity index is 1.61. The predicted molar refractivity (Wildman–Crippen MR) is 114 cm³/mol. The summed E-state index contributed by atoms with van der Waals surface area (Å²) in [7, 11) is 0. The number of benzene rings is 2. The average Bonchev–Trinajstić information content (AvgIpc) is 3.29. The first-order chi connectivity index (χ1) is 15.0. The number of carbonyl (C=O) groups is 1. The molecule has 8 nitrogen and oxygen atoms in total. The Labute approximate surface area is 183 Å². The Morgan fingerprint density at radius 3 is 2.77 bits per heavy atom. The monoisotopic (exact) mass is 444 g/mol. The van der Waals surface area contributed by atoms with E-state index in [-0.39, 0.29) is 11.9 Å². The van der Waals surface area contributed by atoms with Crippen molar-refractivity contribution < 1.29 is 13.9 Å². The molecule has 2 aromatic carbocycles. The van der Waals surface area contributed by atoms with Gasteiger partial charge in [-0.3, -0.25) is 9.69 Å². The van der Waals surface area contributed by atoms with Gasteiger partial charge in [0, 0.05) is 41.8 Å². The lowest BCUT2D eigenvalue weighted by atomic mass is 10.0. The van der Waals surface area contributed by atoms with Crippen LogP contribution in [0.1, 0.15) is 17.3 Å². The number of rotatable bonds is 6. The number of tetrazole rings is 1. The summed E-state index contributed by atoms with van der Waals surface area (Å²) in [5.41, 5.74) is 1.77.